The highest BCUT2D eigenvalue weighted by molar-refractivity contribution is 5.77. The van der Waals surface area contributed by atoms with E-state index < -0.39 is 0 Å². The van der Waals surface area contributed by atoms with E-state index in [-0.39, 0.29) is 41.9 Å². The number of hydrogen-bond donors (Lipinski definition) is 4. The van der Waals surface area contributed by atoms with E-state index in [1.54, 1.807) is 12.7 Å². The van der Waals surface area contributed by atoms with Crippen LogP contribution in [0.2, 0.25) is 0 Å². The van der Waals surface area contributed by atoms with Crippen molar-refractivity contribution in [1.29, 1.82) is 0 Å². The number of ether oxygens (including phenoxy) is 3. The maximum Gasteiger partial charge on any atom is 0.282 e. The van der Waals surface area contributed by atoms with E-state index in [9.17, 15) is 9.50 Å². The molecule has 6 aromatic rings. The summed E-state index contributed by atoms with van der Waals surface area (Å²) in [5.74, 6) is 0. The van der Waals surface area contributed by atoms with Crippen molar-refractivity contribution in [2.45, 2.75) is 87.2 Å². The molecule has 7 N–H and O–H groups in total. The number of nitrogens with zero attached hydrogens (tertiary/aromatic N) is 9. The molecule has 6 heterocycles. The maximum absolute atomic E-state index is 13.0. The van der Waals surface area contributed by atoms with Gasteiger partial charge in [-0.3, -0.25) is 4.39 Å². The molecule has 3 aromatic heterocycles. The average molecular weight is 957 g/mol. The summed E-state index contributed by atoms with van der Waals surface area (Å²) in [5, 5.41) is 9.41. The zero-order chi connectivity index (χ0) is 49.0. The van der Waals surface area contributed by atoms with Crippen LogP contribution in [0, 0.1) is 0 Å². The fourth-order valence-electron chi connectivity index (χ4n) is 11.2. The summed E-state index contributed by atoms with van der Waals surface area (Å²) >= 11 is 0. The van der Waals surface area contributed by atoms with Gasteiger partial charge >= 0.3 is 0 Å². The number of aryl methyl sites for hydroxylation is 1. The Labute approximate surface area is 411 Å². The highest BCUT2D eigenvalue weighted by atomic mass is 19.1. The Morgan fingerprint density at radius 2 is 0.887 bits per heavy atom. The van der Waals surface area contributed by atoms with E-state index in [0.29, 0.717) is 38.7 Å². The summed E-state index contributed by atoms with van der Waals surface area (Å²) in [7, 11) is 0. The normalized spacial score (nSPS) is 22.2. The molecule has 6 aliphatic rings. The van der Waals surface area contributed by atoms with E-state index in [1.807, 2.05) is 49.3 Å². The summed E-state index contributed by atoms with van der Waals surface area (Å²) in [6.07, 6.45) is 26.4. The van der Waals surface area contributed by atoms with Gasteiger partial charge in [0.15, 0.2) is 0 Å². The summed E-state index contributed by atoms with van der Waals surface area (Å²) in [6.45, 7) is 5.33. The zero-order valence-corrected chi connectivity index (χ0v) is 39.6. The third-order valence-corrected chi connectivity index (χ3v) is 14.7. The fraction of sp³-hybridized carbons (Fsp3) is 0.352. The van der Waals surface area contributed by atoms with Gasteiger partial charge in [-0.05, 0) is 112 Å². The first-order valence-corrected chi connectivity index (χ1v) is 24.0. The third-order valence-electron chi connectivity index (χ3n) is 14.7. The molecule has 0 amide bonds. The topological polar surface area (TPSA) is 240 Å². The standard InChI is InChI=1S/C18H19FN4O.C18H20N4O2.C18H18N4O/c19-6-4-12-1-2-14(13-8-21-11-22-9-13)15-3-5-18(7-16(12)15)10-24-17(20)23-18;19-17-22-18(10-24-17)5-3-15-14(13-8-20-11-21-9-13)2-1-12(4-6-23)16(15)7-18;1-2-12-3-4-14(13-8-20-11-21-9-13)15-5-6-18(7-16(12)15)10-23-17(19)22-18/h1-2,8-9,11H,3-7,10H2,(H2,20,23);1-2,8-9,11,23H,3-7,10H2,(H2,19,22);2-4,8-9,11H,1,5-7,10H2,(H2,19,22). The highest BCUT2D eigenvalue weighted by Gasteiger charge is 2.43. The van der Waals surface area contributed by atoms with Gasteiger partial charge in [0.25, 0.3) is 18.1 Å². The molecule has 0 saturated heterocycles. The molecule has 0 fully saturated rings. The first-order valence-electron chi connectivity index (χ1n) is 24.0. The Morgan fingerprint density at radius 3 is 1.24 bits per heavy atom. The Balaban J connectivity index is 0.000000123. The predicted octanol–water partition coefficient (Wildman–Crippen LogP) is 5.84. The number of hydrogen-bond acceptors (Lipinski definition) is 16. The molecule has 3 spiro atoms. The molecule has 0 saturated carbocycles. The van der Waals surface area contributed by atoms with Gasteiger partial charge in [0.05, 0.1) is 6.67 Å². The number of alkyl halides is 1. The molecule has 364 valence electrons. The van der Waals surface area contributed by atoms with Crippen molar-refractivity contribution in [3.8, 4) is 33.4 Å². The van der Waals surface area contributed by atoms with E-state index in [1.165, 1.54) is 50.8 Å². The number of aliphatic hydroxyl groups is 1. The van der Waals surface area contributed by atoms with Crippen molar-refractivity contribution >= 4 is 24.1 Å². The number of aliphatic imine (C=N–C) groups is 3. The lowest BCUT2D eigenvalue weighted by Crippen LogP contribution is -2.36. The average Bonchev–Trinajstić information content (AvgIpc) is 4.08. The molecule has 17 heteroatoms. The third kappa shape index (κ3) is 9.65. The summed E-state index contributed by atoms with van der Waals surface area (Å²) in [6, 6.07) is 13.4. The van der Waals surface area contributed by atoms with Crippen LogP contribution in [0.15, 0.2) is 114 Å². The number of benzene rings is 3. The lowest BCUT2D eigenvalue weighted by Gasteiger charge is -2.33. The lowest BCUT2D eigenvalue weighted by atomic mass is 9.74. The second kappa shape index (κ2) is 20.0. The van der Waals surface area contributed by atoms with Gasteiger partial charge in [-0.15, -0.1) is 0 Å². The Kier molecular flexibility index (Phi) is 13.2. The largest absolute Gasteiger partial charge is 0.463 e. The van der Waals surface area contributed by atoms with Gasteiger partial charge in [-0.2, -0.15) is 0 Å². The molecular weight excluding hydrogens is 900 g/mol. The first-order chi connectivity index (χ1) is 34.6. The molecule has 3 aliphatic carbocycles. The summed E-state index contributed by atoms with van der Waals surface area (Å²) < 4.78 is 29.3. The van der Waals surface area contributed by atoms with E-state index in [4.69, 9.17) is 31.4 Å². The molecule has 3 aromatic carbocycles. The molecule has 3 unspecified atom stereocenters. The van der Waals surface area contributed by atoms with Gasteiger partial charge in [-0.1, -0.05) is 49.1 Å². The van der Waals surface area contributed by atoms with Crippen molar-refractivity contribution in [2.75, 3.05) is 33.1 Å². The maximum atomic E-state index is 13.0. The molecule has 0 bridgehead atoms. The number of amidine groups is 3. The monoisotopic (exact) mass is 956 g/mol. The minimum atomic E-state index is -0.366. The van der Waals surface area contributed by atoms with Crippen LogP contribution in [0.3, 0.4) is 0 Å². The van der Waals surface area contributed by atoms with Crippen molar-refractivity contribution in [1.82, 2.24) is 29.9 Å². The Hall–Kier alpha value is -7.66. The van der Waals surface area contributed by atoms with Crippen LogP contribution in [0.5, 0.6) is 0 Å². The fourth-order valence-corrected chi connectivity index (χ4v) is 11.2. The van der Waals surface area contributed by atoms with Crippen LogP contribution >= 0.6 is 0 Å². The van der Waals surface area contributed by atoms with Gasteiger partial charge < -0.3 is 36.5 Å². The SMILES string of the molecule is C=Cc1ccc(-c2cncnc2)c2c1CC1(CC2)COC(N)=N1.NC1=NC2(CCc3c(-c4cncnc4)ccc(CCF)c3C2)CO1.NC1=NC2(CCc3c(-c4cncnc4)ccc(CCO)c3C2)CO1. The van der Waals surface area contributed by atoms with E-state index in [2.05, 4.69) is 81.8 Å². The number of aromatic nitrogens is 6. The van der Waals surface area contributed by atoms with Crippen LogP contribution < -0.4 is 17.2 Å². The van der Waals surface area contributed by atoms with Crippen molar-refractivity contribution in [3.63, 3.8) is 0 Å². The minimum absolute atomic E-state index is 0.134. The van der Waals surface area contributed by atoms with Gasteiger partial charge in [0, 0.05) is 86.2 Å². The highest BCUT2D eigenvalue weighted by Crippen LogP contribution is 2.43. The van der Waals surface area contributed by atoms with E-state index >= 15 is 0 Å². The van der Waals surface area contributed by atoms with Crippen LogP contribution in [-0.2, 0) is 65.6 Å². The number of aliphatic hydroxyl groups excluding tert-OH is 1. The number of halogens is 1. The van der Waals surface area contributed by atoms with Crippen LogP contribution in [-0.4, -0.2) is 103 Å². The number of nitrogens with two attached hydrogens (primary N) is 3. The van der Waals surface area contributed by atoms with Gasteiger partial charge in [0.2, 0.25) is 0 Å². The Bertz CT molecular complexity index is 2900. The summed E-state index contributed by atoms with van der Waals surface area (Å²) in [5.41, 5.74) is 34.0. The zero-order valence-electron chi connectivity index (χ0n) is 39.6. The molecule has 0 radical (unpaired) electrons. The van der Waals surface area contributed by atoms with Gasteiger partial charge in [-0.25, -0.2) is 44.9 Å². The van der Waals surface area contributed by atoms with Crippen molar-refractivity contribution in [2.24, 2.45) is 32.2 Å². The van der Waals surface area contributed by atoms with E-state index in [0.717, 1.165) is 96.7 Å². The quantitative estimate of drug-likeness (QED) is 0.140. The van der Waals surface area contributed by atoms with Crippen LogP contribution in [0.4, 0.5) is 4.39 Å². The molecule has 3 atom stereocenters. The van der Waals surface area contributed by atoms with Crippen LogP contribution in [0.1, 0.15) is 69.3 Å². The number of fused-ring (bicyclic) bond motifs is 3. The van der Waals surface area contributed by atoms with Gasteiger partial charge in [0.1, 0.15) is 55.4 Å². The minimum Gasteiger partial charge on any atom is -0.463 e. The van der Waals surface area contributed by atoms with Crippen molar-refractivity contribution in [3.05, 3.63) is 149 Å². The molecule has 12 rings (SSSR count). The molecule has 16 nitrogen and oxygen atoms in total. The molecule has 3 aliphatic heterocycles. The predicted molar refractivity (Wildman–Crippen MR) is 270 cm³/mol. The lowest BCUT2D eigenvalue weighted by molar-refractivity contribution is 0.234. The second-order valence-electron chi connectivity index (χ2n) is 19.0. The van der Waals surface area contributed by atoms with Crippen LogP contribution in [0.25, 0.3) is 39.5 Å². The Morgan fingerprint density at radius 1 is 0.521 bits per heavy atom. The summed E-state index contributed by atoms with van der Waals surface area (Å²) in [4.78, 5) is 38.5. The first kappa shape index (κ1) is 47.0. The van der Waals surface area contributed by atoms with Crippen molar-refractivity contribution < 1.29 is 23.7 Å². The molecular formula is C54H57FN12O4. The smallest absolute Gasteiger partial charge is 0.282 e. The second-order valence-corrected chi connectivity index (χ2v) is 19.0. The molecule has 71 heavy (non-hydrogen) atoms. The number of rotatable bonds is 8.